The number of rotatable bonds is 5. The zero-order valence-electron chi connectivity index (χ0n) is 14.4. The molecule has 0 aliphatic rings. The highest BCUT2D eigenvalue weighted by molar-refractivity contribution is 5.94. The summed E-state index contributed by atoms with van der Waals surface area (Å²) in [5.41, 5.74) is 4.83. The highest BCUT2D eigenvalue weighted by Crippen LogP contribution is 2.17. The summed E-state index contributed by atoms with van der Waals surface area (Å²) in [4.78, 5) is 16.5. The van der Waals surface area contributed by atoms with E-state index in [-0.39, 0.29) is 5.91 Å². The summed E-state index contributed by atoms with van der Waals surface area (Å²) in [5.74, 6) is -0.177. The number of nitrogens with one attached hydrogen (secondary N) is 2. The van der Waals surface area contributed by atoms with Crippen molar-refractivity contribution < 1.29 is 4.79 Å². The summed E-state index contributed by atoms with van der Waals surface area (Å²) in [6, 6.07) is 18.9. The molecule has 0 spiro atoms. The molecular formula is C21H18N4O. The smallest absolute Gasteiger partial charge is 0.253 e. The van der Waals surface area contributed by atoms with Crippen LogP contribution in [0.5, 0.6) is 0 Å². The monoisotopic (exact) mass is 342 g/mol. The number of nitriles is 1. The molecule has 2 N–H and O–H groups in total. The number of aromatic nitrogens is 1. The topological polar surface area (TPSA) is 77.8 Å². The SMILES string of the molecule is Cc1ccccc1CNC(=O)c1cncc(Nc2ccc(C#N)cc2)c1. The van der Waals surface area contributed by atoms with E-state index < -0.39 is 0 Å². The molecule has 5 heteroatoms. The minimum absolute atomic E-state index is 0.177. The van der Waals surface area contributed by atoms with Gasteiger partial charge in [-0.2, -0.15) is 5.26 Å². The van der Waals surface area contributed by atoms with Crippen LogP contribution in [0, 0.1) is 18.3 Å². The molecule has 2 aromatic carbocycles. The second-order valence-corrected chi connectivity index (χ2v) is 5.89. The molecule has 1 aromatic heterocycles. The molecule has 0 fully saturated rings. The van der Waals surface area contributed by atoms with Gasteiger partial charge in [0, 0.05) is 18.4 Å². The summed E-state index contributed by atoms with van der Waals surface area (Å²) < 4.78 is 0. The maximum atomic E-state index is 12.4. The second kappa shape index (κ2) is 7.95. The van der Waals surface area contributed by atoms with Gasteiger partial charge in [-0.1, -0.05) is 24.3 Å². The molecule has 26 heavy (non-hydrogen) atoms. The van der Waals surface area contributed by atoms with E-state index >= 15 is 0 Å². The fourth-order valence-corrected chi connectivity index (χ4v) is 2.51. The Morgan fingerprint density at radius 1 is 1.08 bits per heavy atom. The standard InChI is InChI=1S/C21H18N4O/c1-15-4-2-3-5-17(15)13-24-21(26)18-10-20(14-23-12-18)25-19-8-6-16(11-22)7-9-19/h2-10,12,14,25H,13H2,1H3,(H,24,26). The second-order valence-electron chi connectivity index (χ2n) is 5.89. The van der Waals surface area contributed by atoms with Gasteiger partial charge in [-0.3, -0.25) is 9.78 Å². The van der Waals surface area contributed by atoms with Gasteiger partial charge in [-0.05, 0) is 48.4 Å². The first-order valence-electron chi connectivity index (χ1n) is 8.20. The molecule has 5 nitrogen and oxygen atoms in total. The number of carbonyl (C=O) groups is 1. The average molecular weight is 342 g/mol. The quantitative estimate of drug-likeness (QED) is 0.736. The van der Waals surface area contributed by atoms with Gasteiger partial charge in [0.1, 0.15) is 0 Å². The lowest BCUT2D eigenvalue weighted by Crippen LogP contribution is -2.23. The number of aryl methyl sites for hydroxylation is 1. The molecule has 128 valence electrons. The number of pyridine rings is 1. The third kappa shape index (κ3) is 4.25. The number of anilines is 2. The molecule has 0 atom stereocenters. The van der Waals surface area contributed by atoms with Crippen molar-refractivity contribution in [1.29, 1.82) is 5.26 Å². The van der Waals surface area contributed by atoms with Gasteiger partial charge in [-0.25, -0.2) is 0 Å². The zero-order chi connectivity index (χ0) is 18.4. The summed E-state index contributed by atoms with van der Waals surface area (Å²) in [7, 11) is 0. The van der Waals surface area contributed by atoms with Crippen LogP contribution in [0.4, 0.5) is 11.4 Å². The number of amides is 1. The van der Waals surface area contributed by atoms with E-state index in [0.717, 1.165) is 16.8 Å². The van der Waals surface area contributed by atoms with Crippen LogP contribution in [0.2, 0.25) is 0 Å². The number of hydrogen-bond acceptors (Lipinski definition) is 4. The first-order valence-corrected chi connectivity index (χ1v) is 8.20. The summed E-state index contributed by atoms with van der Waals surface area (Å²) in [6.07, 6.45) is 3.19. The van der Waals surface area contributed by atoms with Gasteiger partial charge >= 0.3 is 0 Å². The molecule has 0 aliphatic carbocycles. The number of nitrogens with zero attached hydrogens (tertiary/aromatic N) is 2. The van der Waals surface area contributed by atoms with Gasteiger partial charge in [0.05, 0.1) is 29.1 Å². The van der Waals surface area contributed by atoms with E-state index in [1.54, 1.807) is 24.4 Å². The first kappa shape index (κ1) is 17.2. The summed E-state index contributed by atoms with van der Waals surface area (Å²) in [6.45, 7) is 2.49. The van der Waals surface area contributed by atoms with E-state index in [2.05, 4.69) is 21.7 Å². The van der Waals surface area contributed by atoms with Crippen molar-refractivity contribution in [2.75, 3.05) is 5.32 Å². The van der Waals surface area contributed by atoms with E-state index in [4.69, 9.17) is 5.26 Å². The molecule has 0 saturated carbocycles. The molecule has 3 rings (SSSR count). The number of hydrogen-bond donors (Lipinski definition) is 2. The van der Waals surface area contributed by atoms with Crippen molar-refractivity contribution in [2.24, 2.45) is 0 Å². The van der Waals surface area contributed by atoms with Crippen molar-refractivity contribution in [3.63, 3.8) is 0 Å². The Morgan fingerprint density at radius 2 is 1.85 bits per heavy atom. The molecule has 3 aromatic rings. The van der Waals surface area contributed by atoms with E-state index in [9.17, 15) is 4.79 Å². The minimum atomic E-state index is -0.177. The molecule has 1 amide bonds. The Hall–Kier alpha value is -3.65. The van der Waals surface area contributed by atoms with Crippen LogP contribution in [0.15, 0.2) is 67.0 Å². The fraction of sp³-hybridized carbons (Fsp3) is 0.0952. The van der Waals surface area contributed by atoms with Gasteiger partial charge in [-0.15, -0.1) is 0 Å². The number of benzene rings is 2. The number of carbonyl (C=O) groups excluding carboxylic acids is 1. The third-order valence-corrected chi connectivity index (χ3v) is 4.00. The molecule has 1 heterocycles. The minimum Gasteiger partial charge on any atom is -0.354 e. The Morgan fingerprint density at radius 3 is 2.58 bits per heavy atom. The van der Waals surface area contributed by atoms with E-state index in [1.165, 1.54) is 6.20 Å². The first-order chi connectivity index (χ1) is 12.7. The van der Waals surface area contributed by atoms with Gasteiger partial charge in [0.2, 0.25) is 0 Å². The molecule has 0 aliphatic heterocycles. The van der Waals surface area contributed by atoms with Gasteiger partial charge in [0.15, 0.2) is 0 Å². The van der Waals surface area contributed by atoms with Crippen LogP contribution < -0.4 is 10.6 Å². The van der Waals surface area contributed by atoms with Crippen molar-refractivity contribution in [2.45, 2.75) is 13.5 Å². The van der Waals surface area contributed by atoms with Crippen LogP contribution in [-0.2, 0) is 6.54 Å². The average Bonchev–Trinajstić information content (AvgIpc) is 2.68. The van der Waals surface area contributed by atoms with Crippen molar-refractivity contribution >= 4 is 17.3 Å². The highest BCUT2D eigenvalue weighted by Gasteiger charge is 2.08. The molecular weight excluding hydrogens is 324 g/mol. The van der Waals surface area contributed by atoms with Crippen LogP contribution in [-0.4, -0.2) is 10.9 Å². The van der Waals surface area contributed by atoms with E-state index in [1.807, 2.05) is 43.3 Å². The fourth-order valence-electron chi connectivity index (χ4n) is 2.51. The largest absolute Gasteiger partial charge is 0.354 e. The van der Waals surface area contributed by atoms with Crippen molar-refractivity contribution in [1.82, 2.24) is 10.3 Å². The molecule has 0 unspecified atom stereocenters. The molecule has 0 radical (unpaired) electrons. The van der Waals surface area contributed by atoms with Crippen LogP contribution >= 0.6 is 0 Å². The lowest BCUT2D eigenvalue weighted by molar-refractivity contribution is 0.0950. The lowest BCUT2D eigenvalue weighted by Gasteiger charge is -2.10. The Kier molecular flexibility index (Phi) is 5.25. The van der Waals surface area contributed by atoms with Crippen molar-refractivity contribution in [3.8, 4) is 6.07 Å². The molecule has 0 bridgehead atoms. The summed E-state index contributed by atoms with van der Waals surface area (Å²) in [5, 5.41) is 14.9. The van der Waals surface area contributed by atoms with Gasteiger partial charge < -0.3 is 10.6 Å². The zero-order valence-corrected chi connectivity index (χ0v) is 14.4. The van der Waals surface area contributed by atoms with Crippen LogP contribution in [0.3, 0.4) is 0 Å². The Labute approximate surface area is 152 Å². The van der Waals surface area contributed by atoms with Gasteiger partial charge in [0.25, 0.3) is 5.91 Å². The predicted octanol–water partition coefficient (Wildman–Crippen LogP) is 3.94. The summed E-state index contributed by atoms with van der Waals surface area (Å²) >= 11 is 0. The molecule has 0 saturated heterocycles. The third-order valence-electron chi connectivity index (χ3n) is 4.00. The van der Waals surface area contributed by atoms with Crippen LogP contribution in [0.1, 0.15) is 27.0 Å². The van der Waals surface area contributed by atoms with Crippen LogP contribution in [0.25, 0.3) is 0 Å². The normalized spacial score (nSPS) is 10.0. The Bertz CT molecular complexity index is 958. The Balaban J connectivity index is 1.67. The highest BCUT2D eigenvalue weighted by atomic mass is 16.1. The maximum absolute atomic E-state index is 12.4. The maximum Gasteiger partial charge on any atom is 0.253 e. The van der Waals surface area contributed by atoms with Crippen molar-refractivity contribution in [3.05, 3.63) is 89.2 Å². The van der Waals surface area contributed by atoms with E-state index in [0.29, 0.717) is 23.4 Å². The predicted molar refractivity (Wildman–Crippen MR) is 101 cm³/mol. The lowest BCUT2D eigenvalue weighted by atomic mass is 10.1.